The van der Waals surface area contributed by atoms with Crippen molar-refractivity contribution in [1.82, 2.24) is 9.88 Å². The summed E-state index contributed by atoms with van der Waals surface area (Å²) in [5.41, 5.74) is 2.19. The van der Waals surface area contributed by atoms with Crippen LogP contribution in [0.3, 0.4) is 0 Å². The zero-order valence-corrected chi connectivity index (χ0v) is 12.5. The average Bonchev–Trinajstić information content (AvgIpc) is 2.90. The number of carbonyl (C=O) groups excluding carboxylic acids is 1. The summed E-state index contributed by atoms with van der Waals surface area (Å²) < 4.78 is 13.0. The minimum absolute atomic E-state index is 0.0536. The first-order chi connectivity index (χ1) is 11.3. The van der Waals surface area contributed by atoms with Crippen LogP contribution in [0.4, 0.5) is 0 Å². The van der Waals surface area contributed by atoms with Gasteiger partial charge in [-0.05, 0) is 17.7 Å². The summed E-state index contributed by atoms with van der Waals surface area (Å²) >= 11 is 0. The standard InChI is InChI=1S/C18H16N2O3/c21-16-11-22-18-17(23-16)14-8-4-5-9-15(14)20(18)12-19-10-13-6-2-1-3-7-13/h1-9,19H,10-12H2. The van der Waals surface area contributed by atoms with Crippen molar-refractivity contribution in [2.24, 2.45) is 0 Å². The van der Waals surface area contributed by atoms with Gasteiger partial charge in [-0.25, -0.2) is 4.79 Å². The smallest absolute Gasteiger partial charge is 0.349 e. The number of nitrogens with zero attached hydrogens (tertiary/aromatic N) is 1. The van der Waals surface area contributed by atoms with E-state index in [-0.39, 0.29) is 12.6 Å². The Balaban J connectivity index is 1.63. The third-order valence-electron chi connectivity index (χ3n) is 3.86. The zero-order chi connectivity index (χ0) is 15.6. The van der Waals surface area contributed by atoms with Crippen LogP contribution < -0.4 is 14.8 Å². The first kappa shape index (κ1) is 13.8. The predicted molar refractivity (Wildman–Crippen MR) is 86.3 cm³/mol. The van der Waals surface area contributed by atoms with Gasteiger partial charge in [0, 0.05) is 11.9 Å². The van der Waals surface area contributed by atoms with Crippen molar-refractivity contribution in [3.05, 3.63) is 60.2 Å². The Morgan fingerprint density at radius 1 is 1.04 bits per heavy atom. The number of rotatable bonds is 4. The van der Waals surface area contributed by atoms with E-state index in [1.165, 1.54) is 5.56 Å². The summed E-state index contributed by atoms with van der Waals surface area (Å²) in [6, 6.07) is 18.0. The van der Waals surface area contributed by atoms with Crippen molar-refractivity contribution in [3.8, 4) is 11.6 Å². The number of fused-ring (bicyclic) bond motifs is 3. The molecule has 0 spiro atoms. The van der Waals surface area contributed by atoms with E-state index in [1.807, 2.05) is 47.0 Å². The number of hydrogen-bond donors (Lipinski definition) is 1. The molecule has 1 N–H and O–H groups in total. The van der Waals surface area contributed by atoms with Crippen molar-refractivity contribution in [2.45, 2.75) is 13.2 Å². The van der Waals surface area contributed by atoms with Crippen LogP contribution in [0.25, 0.3) is 10.9 Å². The van der Waals surface area contributed by atoms with Crippen LogP contribution in [0.1, 0.15) is 5.56 Å². The lowest BCUT2D eigenvalue weighted by Gasteiger charge is -2.16. The highest BCUT2D eigenvalue weighted by Crippen LogP contribution is 2.40. The minimum Gasteiger partial charge on any atom is -0.464 e. The Morgan fingerprint density at radius 3 is 2.70 bits per heavy atom. The van der Waals surface area contributed by atoms with Gasteiger partial charge in [-0.15, -0.1) is 0 Å². The van der Waals surface area contributed by atoms with Gasteiger partial charge in [0.05, 0.1) is 12.2 Å². The van der Waals surface area contributed by atoms with E-state index in [0.717, 1.165) is 17.4 Å². The average molecular weight is 308 g/mol. The fourth-order valence-electron chi connectivity index (χ4n) is 2.83. The van der Waals surface area contributed by atoms with Crippen LogP contribution in [0.15, 0.2) is 54.6 Å². The second-order valence-corrected chi connectivity index (χ2v) is 5.41. The highest BCUT2D eigenvalue weighted by atomic mass is 16.6. The van der Waals surface area contributed by atoms with Crippen LogP contribution in [0.5, 0.6) is 11.6 Å². The van der Waals surface area contributed by atoms with E-state index in [9.17, 15) is 4.79 Å². The van der Waals surface area contributed by atoms with E-state index < -0.39 is 0 Å². The van der Waals surface area contributed by atoms with E-state index in [4.69, 9.17) is 9.47 Å². The van der Waals surface area contributed by atoms with Gasteiger partial charge in [0.25, 0.3) is 0 Å². The molecule has 0 unspecified atom stereocenters. The molecule has 0 fully saturated rings. The molecule has 3 aromatic rings. The zero-order valence-electron chi connectivity index (χ0n) is 12.5. The fraction of sp³-hybridized carbons (Fsp3) is 0.167. The normalized spacial score (nSPS) is 13.5. The molecule has 4 rings (SSSR count). The van der Waals surface area contributed by atoms with Crippen molar-refractivity contribution in [2.75, 3.05) is 6.61 Å². The van der Waals surface area contributed by atoms with Crippen molar-refractivity contribution >= 4 is 16.9 Å². The lowest BCUT2D eigenvalue weighted by Crippen LogP contribution is -2.25. The number of hydrogen-bond acceptors (Lipinski definition) is 4. The Kier molecular flexibility index (Phi) is 3.48. The molecular formula is C18H16N2O3. The first-order valence-corrected chi connectivity index (χ1v) is 7.52. The molecule has 0 radical (unpaired) electrons. The molecule has 5 nitrogen and oxygen atoms in total. The summed E-state index contributed by atoms with van der Waals surface area (Å²) in [7, 11) is 0. The molecule has 1 aliphatic heterocycles. The Morgan fingerprint density at radius 2 is 1.83 bits per heavy atom. The molecule has 23 heavy (non-hydrogen) atoms. The van der Waals surface area contributed by atoms with Crippen LogP contribution in [-0.4, -0.2) is 17.1 Å². The summed E-state index contributed by atoms with van der Waals surface area (Å²) in [5, 5.41) is 4.29. The minimum atomic E-state index is -0.363. The topological polar surface area (TPSA) is 52.5 Å². The van der Waals surface area contributed by atoms with Crippen LogP contribution in [0, 0.1) is 0 Å². The fourth-order valence-corrected chi connectivity index (χ4v) is 2.83. The van der Waals surface area contributed by atoms with Crippen LogP contribution in [-0.2, 0) is 18.0 Å². The number of nitrogens with one attached hydrogen (secondary N) is 1. The number of ether oxygens (including phenoxy) is 2. The van der Waals surface area contributed by atoms with Gasteiger partial charge in [-0.2, -0.15) is 0 Å². The van der Waals surface area contributed by atoms with Gasteiger partial charge in [0.2, 0.25) is 5.88 Å². The van der Waals surface area contributed by atoms with Gasteiger partial charge >= 0.3 is 5.97 Å². The molecule has 0 atom stereocenters. The Hall–Kier alpha value is -2.79. The lowest BCUT2D eigenvalue weighted by atomic mass is 10.2. The van der Waals surface area contributed by atoms with Crippen LogP contribution in [0.2, 0.25) is 0 Å². The third-order valence-corrected chi connectivity index (χ3v) is 3.86. The molecule has 0 bridgehead atoms. The Labute approximate surface area is 133 Å². The molecular weight excluding hydrogens is 292 g/mol. The maximum Gasteiger partial charge on any atom is 0.349 e. The number of benzene rings is 2. The molecule has 2 heterocycles. The van der Waals surface area contributed by atoms with E-state index in [0.29, 0.717) is 18.3 Å². The van der Waals surface area contributed by atoms with E-state index in [2.05, 4.69) is 17.4 Å². The molecule has 0 aliphatic carbocycles. The number of para-hydroxylation sites is 1. The SMILES string of the molecule is O=C1COc2c(c3ccccc3n2CNCc2ccccc2)O1. The highest BCUT2D eigenvalue weighted by molar-refractivity contribution is 5.93. The van der Waals surface area contributed by atoms with E-state index >= 15 is 0 Å². The Bertz CT molecular complexity index is 855. The van der Waals surface area contributed by atoms with Crippen molar-refractivity contribution < 1.29 is 14.3 Å². The summed E-state index contributed by atoms with van der Waals surface area (Å²) in [4.78, 5) is 11.5. The van der Waals surface area contributed by atoms with Crippen molar-refractivity contribution in [3.63, 3.8) is 0 Å². The molecule has 0 saturated carbocycles. The molecule has 1 aliphatic rings. The van der Waals surface area contributed by atoms with Gasteiger partial charge in [0.1, 0.15) is 0 Å². The monoisotopic (exact) mass is 308 g/mol. The van der Waals surface area contributed by atoms with Crippen molar-refractivity contribution in [1.29, 1.82) is 0 Å². The molecule has 0 amide bonds. The lowest BCUT2D eigenvalue weighted by molar-refractivity contribution is -0.138. The summed E-state index contributed by atoms with van der Waals surface area (Å²) in [6.45, 7) is 1.27. The van der Waals surface area contributed by atoms with E-state index in [1.54, 1.807) is 0 Å². The maximum absolute atomic E-state index is 11.5. The quantitative estimate of drug-likeness (QED) is 0.753. The number of carbonyl (C=O) groups is 1. The van der Waals surface area contributed by atoms with Gasteiger partial charge in [-0.3, -0.25) is 9.88 Å². The van der Waals surface area contributed by atoms with Gasteiger partial charge in [0.15, 0.2) is 12.4 Å². The predicted octanol–water partition coefficient (Wildman–Crippen LogP) is 2.69. The summed E-state index contributed by atoms with van der Waals surface area (Å²) in [6.07, 6.45) is 0. The molecule has 116 valence electrons. The number of aromatic nitrogens is 1. The molecule has 1 aromatic heterocycles. The summed E-state index contributed by atoms with van der Waals surface area (Å²) in [5.74, 6) is 0.752. The molecule has 2 aromatic carbocycles. The van der Waals surface area contributed by atoms with Gasteiger partial charge < -0.3 is 9.47 Å². The third kappa shape index (κ3) is 2.55. The second-order valence-electron chi connectivity index (χ2n) is 5.41. The maximum atomic E-state index is 11.5. The first-order valence-electron chi connectivity index (χ1n) is 7.52. The van der Waals surface area contributed by atoms with Gasteiger partial charge in [-0.1, -0.05) is 42.5 Å². The second kappa shape index (κ2) is 5.78. The molecule has 0 saturated heterocycles. The van der Waals surface area contributed by atoms with Crippen LogP contribution >= 0.6 is 0 Å². The number of esters is 1. The highest BCUT2D eigenvalue weighted by Gasteiger charge is 2.26. The molecule has 5 heteroatoms. The largest absolute Gasteiger partial charge is 0.464 e.